The minimum absolute atomic E-state index is 0.0438. The summed E-state index contributed by atoms with van der Waals surface area (Å²) in [7, 11) is 0. The topological polar surface area (TPSA) is 62.5 Å². The highest BCUT2D eigenvalue weighted by Gasteiger charge is 2.12. The Kier molecular flexibility index (Phi) is 3.53. The van der Waals surface area contributed by atoms with E-state index in [2.05, 4.69) is 11.2 Å². The fraction of sp³-hybridized carbons (Fsp3) is 0.364. The third kappa shape index (κ3) is 2.86. The van der Waals surface area contributed by atoms with Crippen LogP contribution in [0, 0.1) is 19.3 Å². The number of nitrogens with one attached hydrogen (secondary N) is 1. The lowest BCUT2D eigenvalue weighted by Gasteiger charge is -2.05. The Bertz CT molecular complexity index is 400. The average Bonchev–Trinajstić information content (AvgIpc) is 2.56. The van der Waals surface area contributed by atoms with Crippen molar-refractivity contribution < 1.29 is 14.3 Å². The van der Waals surface area contributed by atoms with Crippen LogP contribution in [-0.2, 0) is 6.54 Å². The third-order valence-electron chi connectivity index (χ3n) is 2.08. The maximum Gasteiger partial charge on any atom is 0.371 e. The van der Waals surface area contributed by atoms with E-state index in [4.69, 9.17) is 15.9 Å². The first-order chi connectivity index (χ1) is 7.04. The zero-order valence-corrected chi connectivity index (χ0v) is 8.70. The molecule has 1 aromatic rings. The fourth-order valence-corrected chi connectivity index (χ4v) is 1.12. The van der Waals surface area contributed by atoms with E-state index in [-0.39, 0.29) is 11.8 Å². The Morgan fingerprint density at radius 3 is 2.93 bits per heavy atom. The first kappa shape index (κ1) is 11.3. The van der Waals surface area contributed by atoms with E-state index in [1.54, 1.807) is 6.92 Å². The number of hydrogen-bond donors (Lipinski definition) is 2. The largest absolute Gasteiger partial charge is 0.475 e. The van der Waals surface area contributed by atoms with Crippen molar-refractivity contribution in [3.05, 3.63) is 23.2 Å². The Labute approximate surface area is 88.3 Å². The average molecular weight is 207 g/mol. The van der Waals surface area contributed by atoms with Gasteiger partial charge in [-0.15, -0.1) is 6.42 Å². The van der Waals surface area contributed by atoms with Crippen molar-refractivity contribution in [1.29, 1.82) is 0 Å². The molecule has 80 valence electrons. The summed E-state index contributed by atoms with van der Waals surface area (Å²) in [6.07, 6.45) is 5.20. The Balaban J connectivity index is 2.70. The zero-order valence-electron chi connectivity index (χ0n) is 8.70. The van der Waals surface area contributed by atoms with Crippen LogP contribution in [0.25, 0.3) is 0 Å². The molecule has 4 heteroatoms. The van der Waals surface area contributed by atoms with Crippen molar-refractivity contribution in [2.75, 3.05) is 0 Å². The SMILES string of the molecule is C#CC(C)NCc1cc(C(=O)O)oc1C. The van der Waals surface area contributed by atoms with Gasteiger partial charge < -0.3 is 9.52 Å². The standard InChI is InChI=1S/C11H13NO3/c1-4-7(2)12-6-9-5-10(11(13)14)15-8(9)3/h1,5,7,12H,6H2,2-3H3,(H,13,14). The Hall–Kier alpha value is -1.73. The first-order valence-electron chi connectivity index (χ1n) is 4.56. The van der Waals surface area contributed by atoms with Gasteiger partial charge in [0.1, 0.15) is 5.76 Å². The molecule has 1 unspecified atom stereocenters. The zero-order chi connectivity index (χ0) is 11.4. The molecule has 0 amide bonds. The normalized spacial score (nSPS) is 12.1. The molecule has 0 saturated heterocycles. The van der Waals surface area contributed by atoms with Gasteiger partial charge in [-0.05, 0) is 19.9 Å². The van der Waals surface area contributed by atoms with E-state index in [1.807, 2.05) is 6.92 Å². The Morgan fingerprint density at radius 1 is 1.80 bits per heavy atom. The molecule has 0 radical (unpaired) electrons. The second-order valence-corrected chi connectivity index (χ2v) is 3.27. The predicted octanol–water partition coefficient (Wildman–Crippen LogP) is 1.40. The lowest BCUT2D eigenvalue weighted by Crippen LogP contribution is -2.23. The van der Waals surface area contributed by atoms with Gasteiger partial charge in [0, 0.05) is 12.1 Å². The van der Waals surface area contributed by atoms with Gasteiger partial charge in [0.15, 0.2) is 0 Å². The van der Waals surface area contributed by atoms with Crippen molar-refractivity contribution >= 4 is 5.97 Å². The van der Waals surface area contributed by atoms with Gasteiger partial charge in [-0.3, -0.25) is 5.32 Å². The van der Waals surface area contributed by atoms with Crippen LogP contribution >= 0.6 is 0 Å². The molecule has 1 atom stereocenters. The van der Waals surface area contributed by atoms with Crippen LogP contribution in [0.2, 0.25) is 0 Å². The van der Waals surface area contributed by atoms with E-state index < -0.39 is 5.97 Å². The highest BCUT2D eigenvalue weighted by atomic mass is 16.4. The summed E-state index contributed by atoms with van der Waals surface area (Å²) in [5, 5.41) is 11.8. The third-order valence-corrected chi connectivity index (χ3v) is 2.08. The van der Waals surface area contributed by atoms with Crippen molar-refractivity contribution in [3.63, 3.8) is 0 Å². The van der Waals surface area contributed by atoms with Gasteiger partial charge in [-0.2, -0.15) is 0 Å². The van der Waals surface area contributed by atoms with E-state index in [0.29, 0.717) is 12.3 Å². The second kappa shape index (κ2) is 4.67. The molecule has 4 nitrogen and oxygen atoms in total. The van der Waals surface area contributed by atoms with Crippen molar-refractivity contribution in [2.24, 2.45) is 0 Å². The lowest BCUT2D eigenvalue weighted by molar-refractivity contribution is 0.0661. The van der Waals surface area contributed by atoms with Crippen LogP contribution in [0.4, 0.5) is 0 Å². The molecule has 0 aromatic carbocycles. The summed E-state index contributed by atoms with van der Waals surface area (Å²) in [6.45, 7) is 4.09. The molecule has 1 rings (SSSR count). The highest BCUT2D eigenvalue weighted by molar-refractivity contribution is 5.84. The van der Waals surface area contributed by atoms with Gasteiger partial charge in [0.25, 0.3) is 0 Å². The monoisotopic (exact) mass is 207 g/mol. The number of carboxylic acid groups (broad SMARTS) is 1. The van der Waals surface area contributed by atoms with Crippen LogP contribution in [0.1, 0.15) is 28.8 Å². The molecular formula is C11H13NO3. The molecule has 0 aliphatic rings. The molecule has 2 N–H and O–H groups in total. The van der Waals surface area contributed by atoms with E-state index in [0.717, 1.165) is 5.56 Å². The molecule has 0 aliphatic heterocycles. The quantitative estimate of drug-likeness (QED) is 0.732. The van der Waals surface area contributed by atoms with Gasteiger partial charge in [-0.1, -0.05) is 5.92 Å². The number of carbonyl (C=O) groups is 1. The summed E-state index contributed by atoms with van der Waals surface area (Å²) in [5.41, 5.74) is 0.814. The highest BCUT2D eigenvalue weighted by Crippen LogP contribution is 2.14. The van der Waals surface area contributed by atoms with Gasteiger partial charge >= 0.3 is 5.97 Å². The number of rotatable bonds is 4. The summed E-state index contributed by atoms with van der Waals surface area (Å²) < 4.78 is 5.05. The van der Waals surface area contributed by atoms with Gasteiger partial charge in [-0.25, -0.2) is 4.79 Å². The molecule has 0 aliphatic carbocycles. The van der Waals surface area contributed by atoms with Crippen molar-refractivity contribution in [2.45, 2.75) is 26.4 Å². The maximum atomic E-state index is 10.6. The van der Waals surface area contributed by atoms with Crippen LogP contribution in [0.3, 0.4) is 0 Å². The van der Waals surface area contributed by atoms with Crippen molar-refractivity contribution in [3.8, 4) is 12.3 Å². The lowest BCUT2D eigenvalue weighted by atomic mass is 10.2. The van der Waals surface area contributed by atoms with E-state index >= 15 is 0 Å². The van der Waals surface area contributed by atoms with Gasteiger partial charge in [0.05, 0.1) is 6.04 Å². The van der Waals surface area contributed by atoms with E-state index in [1.165, 1.54) is 6.07 Å². The maximum absolute atomic E-state index is 10.6. The molecule has 1 aromatic heterocycles. The molecule has 15 heavy (non-hydrogen) atoms. The number of furan rings is 1. The molecule has 0 bridgehead atoms. The molecule has 0 saturated carbocycles. The van der Waals surface area contributed by atoms with Gasteiger partial charge in [0.2, 0.25) is 5.76 Å². The molecule has 0 spiro atoms. The number of hydrogen-bond acceptors (Lipinski definition) is 3. The molecule has 0 fully saturated rings. The van der Waals surface area contributed by atoms with E-state index in [9.17, 15) is 4.79 Å². The number of aromatic carboxylic acids is 1. The van der Waals surface area contributed by atoms with Crippen LogP contribution in [-0.4, -0.2) is 17.1 Å². The Morgan fingerprint density at radius 2 is 2.47 bits per heavy atom. The van der Waals surface area contributed by atoms with Crippen LogP contribution < -0.4 is 5.32 Å². The van der Waals surface area contributed by atoms with Crippen LogP contribution in [0.15, 0.2) is 10.5 Å². The summed E-state index contributed by atoms with van der Waals surface area (Å²) in [4.78, 5) is 10.6. The summed E-state index contributed by atoms with van der Waals surface area (Å²) in [5.74, 6) is 2.02. The first-order valence-corrected chi connectivity index (χ1v) is 4.56. The summed E-state index contributed by atoms with van der Waals surface area (Å²) in [6, 6.07) is 1.46. The van der Waals surface area contributed by atoms with Crippen molar-refractivity contribution in [1.82, 2.24) is 5.32 Å². The minimum Gasteiger partial charge on any atom is -0.475 e. The fourth-order valence-electron chi connectivity index (χ4n) is 1.12. The second-order valence-electron chi connectivity index (χ2n) is 3.27. The van der Waals surface area contributed by atoms with Crippen LogP contribution in [0.5, 0.6) is 0 Å². The number of aryl methyl sites for hydroxylation is 1. The minimum atomic E-state index is -1.06. The smallest absolute Gasteiger partial charge is 0.371 e. The number of carboxylic acids is 1. The molecular weight excluding hydrogens is 194 g/mol. The number of terminal acetylenes is 1. The summed E-state index contributed by atoms with van der Waals surface area (Å²) >= 11 is 0. The molecule has 1 heterocycles. The predicted molar refractivity (Wildman–Crippen MR) is 55.5 cm³/mol.